The third-order valence-electron chi connectivity index (χ3n) is 25.5. The minimum atomic E-state index is 0.665. The van der Waals surface area contributed by atoms with Crippen LogP contribution in [0.1, 0.15) is 128 Å². The molecule has 1 N–H and O–H groups in total. The van der Waals surface area contributed by atoms with E-state index in [1.54, 1.807) is 0 Å². The molecule has 5 aromatic carbocycles. The summed E-state index contributed by atoms with van der Waals surface area (Å²) in [5.41, 5.74) is 19.3. The summed E-state index contributed by atoms with van der Waals surface area (Å²) in [6.07, 6.45) is 8.41. The number of hydrogen-bond donors (Lipinski definition) is 1. The van der Waals surface area contributed by atoms with Crippen molar-refractivity contribution in [2.45, 2.75) is 149 Å². The van der Waals surface area contributed by atoms with Crippen molar-refractivity contribution in [3.8, 4) is 45.7 Å². The van der Waals surface area contributed by atoms with Gasteiger partial charge in [-0.1, -0.05) is 30.7 Å². The lowest BCUT2D eigenvalue weighted by Gasteiger charge is -2.40. The molecule has 0 bridgehead atoms. The number of fused-ring (bicyclic) bond motifs is 4. The van der Waals surface area contributed by atoms with Crippen LogP contribution in [0.25, 0.3) is 65.8 Å². The second-order valence-electron chi connectivity index (χ2n) is 33.7. The topological polar surface area (TPSA) is 207 Å². The van der Waals surface area contributed by atoms with Crippen LogP contribution in [0, 0.1) is 83.1 Å². The zero-order valence-electron chi connectivity index (χ0n) is 77.4. The van der Waals surface area contributed by atoms with Crippen molar-refractivity contribution in [1.29, 1.82) is 0 Å². The van der Waals surface area contributed by atoms with Crippen molar-refractivity contribution < 1.29 is 18.9 Å². The van der Waals surface area contributed by atoms with Crippen molar-refractivity contribution in [3.63, 3.8) is 0 Å². The Morgan fingerprint density at radius 2 is 0.643 bits per heavy atom. The molecular formula is C101H127N21O4. The zero-order chi connectivity index (χ0) is 88.4. The van der Waals surface area contributed by atoms with Gasteiger partial charge in [-0.15, -0.1) is 20.4 Å². The summed E-state index contributed by atoms with van der Waals surface area (Å²) in [6, 6.07) is 50.7. The predicted molar refractivity (Wildman–Crippen MR) is 514 cm³/mol. The van der Waals surface area contributed by atoms with Crippen LogP contribution in [-0.4, -0.2) is 212 Å². The molecule has 0 radical (unpaired) electrons. The number of aryl methyl sites for hydroxylation is 12. The Balaban J connectivity index is 0.000000130. The number of hydrogen-bond acceptors (Lipinski definition) is 21. The van der Waals surface area contributed by atoms with Crippen molar-refractivity contribution in [2.24, 2.45) is 0 Å². The summed E-state index contributed by atoms with van der Waals surface area (Å²) in [7, 11) is 4.13. The number of piperidine rings is 2. The molecule has 4 saturated heterocycles. The highest BCUT2D eigenvalue weighted by atomic mass is 16.5. The van der Waals surface area contributed by atoms with Crippen LogP contribution >= 0.6 is 0 Å². The molecule has 0 saturated carbocycles. The van der Waals surface area contributed by atoms with E-state index in [1.165, 1.54) is 128 Å². The summed E-state index contributed by atoms with van der Waals surface area (Å²) in [5.74, 6) is 8.48. The number of para-hydroxylation sites is 1. The molecule has 0 amide bonds. The van der Waals surface area contributed by atoms with Crippen molar-refractivity contribution in [2.75, 3.05) is 162 Å². The molecule has 0 spiro atoms. The average Bonchev–Trinajstić information content (AvgIpc) is 1.60. The first-order chi connectivity index (χ1) is 61.2. The minimum Gasteiger partial charge on any atom is -0.494 e. The lowest BCUT2D eigenvalue weighted by molar-refractivity contribution is 0.141. The molecule has 0 atom stereocenters. The number of piperazine rings is 2. The summed E-state index contributed by atoms with van der Waals surface area (Å²) in [6.45, 7) is 50.1. The molecule has 9 aromatic heterocycles. The Kier molecular flexibility index (Phi) is 28.0. The van der Waals surface area contributed by atoms with E-state index in [0.29, 0.717) is 26.4 Å². The van der Waals surface area contributed by atoms with Gasteiger partial charge in [0.2, 0.25) is 0 Å². The highest BCUT2D eigenvalue weighted by Gasteiger charge is 2.32. The third kappa shape index (κ3) is 18.5. The van der Waals surface area contributed by atoms with Gasteiger partial charge in [-0.25, -0.2) is 4.98 Å². The molecule has 4 aliphatic rings. The molecule has 4 fully saturated rings. The number of likely N-dealkylation sites (N-methyl/N-ethyl adjacent to an activating group) is 1. The van der Waals surface area contributed by atoms with Crippen LogP contribution in [0.2, 0.25) is 0 Å². The third-order valence-corrected chi connectivity index (χ3v) is 25.5. The highest BCUT2D eigenvalue weighted by molar-refractivity contribution is 6.02. The molecule has 4 aliphatic heterocycles. The van der Waals surface area contributed by atoms with Crippen LogP contribution in [0.3, 0.4) is 0 Å². The molecule has 0 aliphatic carbocycles. The largest absolute Gasteiger partial charge is 0.494 e. The second kappa shape index (κ2) is 39.9. The van der Waals surface area contributed by atoms with Gasteiger partial charge in [0.15, 0.2) is 23.3 Å². The first-order valence-corrected chi connectivity index (χ1v) is 45.3. The Morgan fingerprint density at radius 3 is 1.00 bits per heavy atom. The van der Waals surface area contributed by atoms with Crippen LogP contribution in [-0.2, 0) is 0 Å². The molecular weight excluding hydrogens is 1570 g/mol. The number of anilines is 6. The second-order valence-corrected chi connectivity index (χ2v) is 33.7. The lowest BCUT2D eigenvalue weighted by Crippen LogP contribution is -2.47. The number of likely N-dealkylation sites (tertiary alicyclic amines) is 1. The standard InChI is InChI=1S/C27H37N5O.C27H31N5O.C26H30N6O.C21H29N5O/c1-5-33-24-11-9-23(10-12-24)32-20(3)25-19(2)28-29-27(26(25)21(32)4)31-17-13-22(14-18-31)30-15-7-6-8-16-30;1-5-33-24-13-11-23(12-14-24)32-20(3)25-19(2)28-29-27(26(25)21(32)4)31-17-15-30(16-18-31)22-9-7-6-8-10-22;1-5-33-22-11-9-21(10-12-22)32-19(3)24-18(2)28-29-26(25(24)20(32)4)31-16-14-30(15-17-31)23-8-6-7-13-27-23;1-7-27-18-10-8-17(9-11-18)26-15(3)19-14(2)23-24-21(20(19)16(26)4)22-12-13-25(5)6/h9-12,22H,5-8,13-18H2,1-4H3;6-14H,5,15-18H2,1-4H3;6-13H,5,14-17H2,1-4H3;8-11H,7,12-13H2,1-6H3,(H,22,24). The molecule has 25 heteroatoms. The van der Waals surface area contributed by atoms with Gasteiger partial charge in [-0.05, 0) is 285 Å². The van der Waals surface area contributed by atoms with E-state index in [4.69, 9.17) is 29.1 Å². The van der Waals surface area contributed by atoms with Crippen LogP contribution in [0.4, 0.5) is 34.8 Å². The Hall–Kier alpha value is -12.4. The van der Waals surface area contributed by atoms with Crippen LogP contribution in [0.15, 0.2) is 152 Å². The van der Waals surface area contributed by atoms with Crippen LogP contribution in [0.5, 0.6) is 23.0 Å². The number of pyridine rings is 1. The van der Waals surface area contributed by atoms with E-state index >= 15 is 0 Å². The van der Waals surface area contributed by atoms with Gasteiger partial charge < -0.3 is 76.8 Å². The van der Waals surface area contributed by atoms with Crippen molar-refractivity contribution >= 4 is 77.9 Å². The molecule has 18 rings (SSSR count). The normalized spacial score (nSPS) is 14.6. The summed E-state index contributed by atoms with van der Waals surface area (Å²) in [4.78, 5) is 21.4. The van der Waals surface area contributed by atoms with Crippen LogP contribution < -0.4 is 48.8 Å². The number of ether oxygens (including phenoxy) is 4. The fourth-order valence-corrected chi connectivity index (χ4v) is 19.5. The minimum absolute atomic E-state index is 0.665. The smallest absolute Gasteiger partial charge is 0.161 e. The van der Waals surface area contributed by atoms with Crippen molar-refractivity contribution in [3.05, 3.63) is 220 Å². The first-order valence-electron chi connectivity index (χ1n) is 45.3. The number of rotatable bonds is 22. The molecule has 126 heavy (non-hydrogen) atoms. The highest BCUT2D eigenvalue weighted by Crippen LogP contribution is 2.42. The molecule has 13 heterocycles. The Bertz CT molecular complexity index is 5820. The number of nitrogens with zero attached hydrogens (tertiary/aromatic N) is 20. The quantitative estimate of drug-likeness (QED) is 0.0669. The molecule has 25 nitrogen and oxygen atoms in total. The average molecular weight is 1700 g/mol. The fourth-order valence-electron chi connectivity index (χ4n) is 19.5. The summed E-state index contributed by atoms with van der Waals surface area (Å²) < 4.78 is 31.7. The van der Waals surface area contributed by atoms with E-state index in [1.807, 2.05) is 96.3 Å². The summed E-state index contributed by atoms with van der Waals surface area (Å²) in [5, 5.41) is 49.8. The Morgan fingerprint density at radius 1 is 0.317 bits per heavy atom. The van der Waals surface area contributed by atoms with Gasteiger partial charge in [-0.2, -0.15) is 20.4 Å². The predicted octanol–water partition coefficient (Wildman–Crippen LogP) is 18.5. The van der Waals surface area contributed by atoms with Gasteiger partial charge in [0.1, 0.15) is 28.8 Å². The monoisotopic (exact) mass is 1700 g/mol. The molecule has 14 aromatic rings. The van der Waals surface area contributed by atoms with Gasteiger partial charge >= 0.3 is 0 Å². The fraction of sp³-hybridized carbons (Fsp3) is 0.416. The van der Waals surface area contributed by atoms with E-state index in [0.717, 1.165) is 193 Å². The van der Waals surface area contributed by atoms with E-state index in [9.17, 15) is 0 Å². The Labute approximate surface area is 743 Å². The maximum Gasteiger partial charge on any atom is 0.161 e. The van der Waals surface area contributed by atoms with E-state index in [2.05, 4.69) is 274 Å². The van der Waals surface area contributed by atoms with E-state index < -0.39 is 0 Å². The van der Waals surface area contributed by atoms with Gasteiger partial charge in [0, 0.05) is 208 Å². The SMILES string of the molecule is CCOc1ccc(-n2c(C)c3c(C)nnc(N4CCC(N5CCCCC5)CC4)c3c2C)cc1.CCOc1ccc(-n2c(C)c3c(C)nnc(N4CCN(c5ccccc5)CC4)c3c2C)cc1.CCOc1ccc(-n2c(C)c3c(C)nnc(N4CCN(c5ccccn5)CC4)c3c2C)cc1.CCOc1ccc(-n2c(C)c3c(C)nnc(NCCN(C)C)c3c2C)cc1. The van der Waals surface area contributed by atoms with Crippen molar-refractivity contribution in [1.82, 2.24) is 73.8 Å². The molecule has 0 unspecified atom stereocenters. The summed E-state index contributed by atoms with van der Waals surface area (Å²) >= 11 is 0. The van der Waals surface area contributed by atoms with E-state index in [-0.39, 0.29) is 0 Å². The maximum absolute atomic E-state index is 5.65. The van der Waals surface area contributed by atoms with Gasteiger partial charge in [0.05, 0.1) is 49.2 Å². The zero-order valence-corrected chi connectivity index (χ0v) is 77.4. The number of nitrogens with one attached hydrogen (secondary N) is 1. The number of aromatic nitrogens is 13. The van der Waals surface area contributed by atoms with Gasteiger partial charge in [-0.3, -0.25) is 0 Å². The molecule has 660 valence electrons. The number of benzene rings is 5. The first kappa shape index (κ1) is 88.5. The van der Waals surface area contributed by atoms with Gasteiger partial charge in [0.25, 0.3) is 0 Å². The maximum atomic E-state index is 5.65. The lowest BCUT2D eigenvalue weighted by atomic mass is 9.99.